The topological polar surface area (TPSA) is 44.4 Å². The minimum atomic E-state index is -0.252. The van der Waals surface area contributed by atoms with Gasteiger partial charge in [0.15, 0.2) is 0 Å². The molecular weight excluding hydrogens is 233 g/mol. The van der Waals surface area contributed by atoms with Gasteiger partial charge in [0.25, 0.3) is 0 Å². The van der Waals surface area contributed by atoms with E-state index in [-0.39, 0.29) is 17.8 Å². The fourth-order valence-corrected chi connectivity index (χ4v) is 2.28. The summed E-state index contributed by atoms with van der Waals surface area (Å²) in [5, 5.41) is 5.85. The standard InChI is InChI=1S/C13H18FN3O/c1-9-13(18)16-5-6-17(9)12-4-3-11(14)7-10(12)8-15-2/h3-4,7,9,15H,5-6,8H2,1-2H3,(H,16,18). The molecule has 5 heteroatoms. The third-order valence-corrected chi connectivity index (χ3v) is 3.22. The monoisotopic (exact) mass is 251 g/mol. The van der Waals surface area contributed by atoms with Crippen LogP contribution in [-0.4, -0.2) is 32.1 Å². The van der Waals surface area contributed by atoms with Crippen LogP contribution in [0.5, 0.6) is 0 Å². The molecule has 1 heterocycles. The minimum absolute atomic E-state index is 0.0148. The number of hydrogen-bond acceptors (Lipinski definition) is 3. The third-order valence-electron chi connectivity index (χ3n) is 3.22. The first-order valence-electron chi connectivity index (χ1n) is 6.11. The van der Waals surface area contributed by atoms with Gasteiger partial charge in [0.05, 0.1) is 0 Å². The number of halogens is 1. The SMILES string of the molecule is CNCc1cc(F)ccc1N1CCNC(=O)C1C. The predicted molar refractivity (Wildman–Crippen MR) is 69.0 cm³/mol. The number of benzene rings is 1. The van der Waals surface area contributed by atoms with Crippen molar-refractivity contribution in [2.45, 2.75) is 19.5 Å². The molecule has 0 spiro atoms. The summed E-state index contributed by atoms with van der Waals surface area (Å²) in [6.07, 6.45) is 0. The van der Waals surface area contributed by atoms with E-state index in [4.69, 9.17) is 0 Å². The molecule has 1 aromatic carbocycles. The summed E-state index contributed by atoms with van der Waals surface area (Å²) in [6, 6.07) is 4.48. The van der Waals surface area contributed by atoms with E-state index in [0.717, 1.165) is 17.8 Å². The molecule has 18 heavy (non-hydrogen) atoms. The van der Waals surface area contributed by atoms with Crippen LogP contribution in [0.4, 0.5) is 10.1 Å². The Morgan fingerprint density at radius 2 is 2.33 bits per heavy atom. The molecule has 2 rings (SSSR count). The lowest BCUT2D eigenvalue weighted by Gasteiger charge is -2.36. The number of carbonyl (C=O) groups excluding carboxylic acids is 1. The van der Waals surface area contributed by atoms with Crippen molar-refractivity contribution in [1.29, 1.82) is 0 Å². The molecule has 2 N–H and O–H groups in total. The van der Waals surface area contributed by atoms with Crippen molar-refractivity contribution >= 4 is 11.6 Å². The Hall–Kier alpha value is -1.62. The molecule has 1 amide bonds. The van der Waals surface area contributed by atoms with Crippen LogP contribution in [0.1, 0.15) is 12.5 Å². The molecule has 0 saturated carbocycles. The maximum absolute atomic E-state index is 13.3. The van der Waals surface area contributed by atoms with E-state index < -0.39 is 0 Å². The van der Waals surface area contributed by atoms with Crippen LogP contribution in [0.15, 0.2) is 18.2 Å². The number of piperazine rings is 1. The Kier molecular flexibility index (Phi) is 3.81. The highest BCUT2D eigenvalue weighted by molar-refractivity contribution is 5.86. The van der Waals surface area contributed by atoms with Gasteiger partial charge in [-0.15, -0.1) is 0 Å². The maximum atomic E-state index is 13.3. The summed E-state index contributed by atoms with van der Waals surface area (Å²) >= 11 is 0. The Morgan fingerprint density at radius 1 is 1.56 bits per heavy atom. The van der Waals surface area contributed by atoms with Gasteiger partial charge in [-0.25, -0.2) is 4.39 Å². The normalized spacial score (nSPS) is 19.8. The van der Waals surface area contributed by atoms with Gasteiger partial charge in [0, 0.05) is 25.3 Å². The van der Waals surface area contributed by atoms with Crippen molar-refractivity contribution in [3.8, 4) is 0 Å². The van der Waals surface area contributed by atoms with Gasteiger partial charge in [-0.2, -0.15) is 0 Å². The predicted octanol–water partition coefficient (Wildman–Crippen LogP) is 0.870. The van der Waals surface area contributed by atoms with Crippen molar-refractivity contribution in [3.63, 3.8) is 0 Å². The molecule has 1 aromatic rings. The van der Waals surface area contributed by atoms with E-state index in [1.54, 1.807) is 6.07 Å². The average Bonchev–Trinajstić information content (AvgIpc) is 2.34. The molecule has 1 aliphatic heterocycles. The van der Waals surface area contributed by atoms with Gasteiger partial charge in [-0.3, -0.25) is 4.79 Å². The molecule has 98 valence electrons. The highest BCUT2D eigenvalue weighted by atomic mass is 19.1. The average molecular weight is 251 g/mol. The maximum Gasteiger partial charge on any atom is 0.242 e. The number of nitrogens with one attached hydrogen (secondary N) is 2. The lowest BCUT2D eigenvalue weighted by atomic mass is 10.1. The van der Waals surface area contributed by atoms with Gasteiger partial charge < -0.3 is 15.5 Å². The van der Waals surface area contributed by atoms with E-state index >= 15 is 0 Å². The van der Waals surface area contributed by atoms with E-state index in [1.807, 2.05) is 18.9 Å². The first-order valence-corrected chi connectivity index (χ1v) is 6.11. The molecule has 1 saturated heterocycles. The highest BCUT2D eigenvalue weighted by Gasteiger charge is 2.26. The van der Waals surface area contributed by atoms with Crippen molar-refractivity contribution in [3.05, 3.63) is 29.6 Å². The Morgan fingerprint density at radius 3 is 3.06 bits per heavy atom. The van der Waals surface area contributed by atoms with Crippen LogP contribution < -0.4 is 15.5 Å². The zero-order chi connectivity index (χ0) is 13.1. The van der Waals surface area contributed by atoms with Gasteiger partial charge in [0.1, 0.15) is 11.9 Å². The van der Waals surface area contributed by atoms with E-state index in [9.17, 15) is 9.18 Å². The Labute approximate surface area is 106 Å². The van der Waals surface area contributed by atoms with Crippen LogP contribution in [0.2, 0.25) is 0 Å². The Balaban J connectivity index is 2.33. The summed E-state index contributed by atoms with van der Waals surface area (Å²) in [5.41, 5.74) is 1.80. The van der Waals surface area contributed by atoms with Gasteiger partial charge in [0.2, 0.25) is 5.91 Å². The van der Waals surface area contributed by atoms with Crippen LogP contribution in [-0.2, 0) is 11.3 Å². The van der Waals surface area contributed by atoms with Crippen LogP contribution >= 0.6 is 0 Å². The summed E-state index contributed by atoms with van der Waals surface area (Å²) in [5.74, 6) is -0.237. The molecule has 1 atom stereocenters. The highest BCUT2D eigenvalue weighted by Crippen LogP contribution is 2.24. The van der Waals surface area contributed by atoms with Crippen LogP contribution in [0.3, 0.4) is 0 Å². The number of anilines is 1. The number of amides is 1. The largest absolute Gasteiger partial charge is 0.358 e. The number of carbonyl (C=O) groups is 1. The summed E-state index contributed by atoms with van der Waals surface area (Å²) in [4.78, 5) is 13.7. The number of nitrogens with zero attached hydrogens (tertiary/aromatic N) is 1. The summed E-state index contributed by atoms with van der Waals surface area (Å²) < 4.78 is 13.3. The second kappa shape index (κ2) is 5.35. The molecule has 1 aliphatic rings. The quantitative estimate of drug-likeness (QED) is 0.838. The summed E-state index contributed by atoms with van der Waals surface area (Å²) in [6.45, 7) is 3.81. The van der Waals surface area contributed by atoms with Crippen LogP contribution in [0, 0.1) is 5.82 Å². The summed E-state index contributed by atoms with van der Waals surface area (Å²) in [7, 11) is 1.82. The second-order valence-corrected chi connectivity index (χ2v) is 4.46. The smallest absolute Gasteiger partial charge is 0.242 e. The van der Waals surface area contributed by atoms with Crippen molar-refractivity contribution in [2.75, 3.05) is 25.0 Å². The molecule has 1 unspecified atom stereocenters. The van der Waals surface area contributed by atoms with E-state index in [0.29, 0.717) is 13.1 Å². The Bertz CT molecular complexity index is 450. The number of rotatable bonds is 3. The fraction of sp³-hybridized carbons (Fsp3) is 0.462. The first-order chi connectivity index (χ1) is 8.63. The third kappa shape index (κ3) is 2.46. The number of hydrogen-bond donors (Lipinski definition) is 2. The zero-order valence-electron chi connectivity index (χ0n) is 10.7. The fourth-order valence-electron chi connectivity index (χ4n) is 2.28. The molecule has 0 aromatic heterocycles. The van der Waals surface area contributed by atoms with Gasteiger partial charge >= 0.3 is 0 Å². The van der Waals surface area contributed by atoms with Crippen molar-refractivity contribution in [1.82, 2.24) is 10.6 Å². The van der Waals surface area contributed by atoms with E-state index in [1.165, 1.54) is 12.1 Å². The first kappa shape index (κ1) is 12.8. The molecular formula is C13H18FN3O. The molecule has 4 nitrogen and oxygen atoms in total. The molecule has 1 fully saturated rings. The molecule has 0 aliphatic carbocycles. The van der Waals surface area contributed by atoms with E-state index in [2.05, 4.69) is 10.6 Å². The van der Waals surface area contributed by atoms with Crippen LogP contribution in [0.25, 0.3) is 0 Å². The lowest BCUT2D eigenvalue weighted by Crippen LogP contribution is -2.54. The van der Waals surface area contributed by atoms with Gasteiger partial charge in [-0.05, 0) is 37.7 Å². The molecule has 0 bridgehead atoms. The second-order valence-electron chi connectivity index (χ2n) is 4.46. The van der Waals surface area contributed by atoms with Crippen molar-refractivity contribution in [2.24, 2.45) is 0 Å². The van der Waals surface area contributed by atoms with Crippen molar-refractivity contribution < 1.29 is 9.18 Å². The van der Waals surface area contributed by atoms with Gasteiger partial charge in [-0.1, -0.05) is 0 Å². The lowest BCUT2D eigenvalue weighted by molar-refractivity contribution is -0.122. The molecule has 0 radical (unpaired) electrons. The zero-order valence-corrected chi connectivity index (χ0v) is 10.7. The minimum Gasteiger partial charge on any atom is -0.358 e.